The van der Waals surface area contributed by atoms with E-state index >= 15 is 0 Å². The first-order valence-electron chi connectivity index (χ1n) is 8.51. The van der Waals surface area contributed by atoms with Crippen LogP contribution in [0.2, 0.25) is 0 Å². The van der Waals surface area contributed by atoms with Gasteiger partial charge in [-0.25, -0.2) is 4.79 Å². The Morgan fingerprint density at radius 1 is 0.828 bits per heavy atom. The molecule has 0 aliphatic rings. The number of nitro benzene ring substituents is 1. The fraction of sp³-hybridized carbons (Fsp3) is 0. The number of primary amides is 1. The summed E-state index contributed by atoms with van der Waals surface area (Å²) in [6.07, 6.45) is 0. The number of carbonyl (C=O) groups excluding carboxylic acids is 2. The predicted molar refractivity (Wildman–Crippen MR) is 110 cm³/mol. The molecule has 146 valence electrons. The van der Waals surface area contributed by atoms with Crippen molar-refractivity contribution in [2.24, 2.45) is 5.73 Å². The van der Waals surface area contributed by atoms with Crippen molar-refractivity contribution in [3.8, 4) is 0 Å². The molecule has 0 aromatic heterocycles. The molecule has 0 saturated heterocycles. The van der Waals surface area contributed by atoms with Crippen molar-refractivity contribution in [1.29, 1.82) is 0 Å². The van der Waals surface area contributed by atoms with Crippen molar-refractivity contribution in [3.63, 3.8) is 0 Å². The number of hydrogen-bond donors (Lipinski definition) is 4. The molecule has 3 aromatic rings. The Balaban J connectivity index is 1.77. The molecule has 0 aliphatic carbocycles. The number of benzene rings is 3. The third kappa shape index (κ3) is 5.07. The van der Waals surface area contributed by atoms with Crippen LogP contribution in [0.3, 0.4) is 0 Å². The van der Waals surface area contributed by atoms with E-state index in [9.17, 15) is 19.7 Å². The Hall–Kier alpha value is -4.40. The third-order valence-electron chi connectivity index (χ3n) is 3.92. The summed E-state index contributed by atoms with van der Waals surface area (Å²) in [5.41, 5.74) is 6.85. The maximum Gasteiger partial charge on any atom is 0.316 e. The van der Waals surface area contributed by atoms with Crippen LogP contribution in [-0.4, -0.2) is 16.9 Å². The normalized spacial score (nSPS) is 10.1. The Kier molecular flexibility index (Phi) is 5.69. The number of nitrogens with one attached hydrogen (secondary N) is 3. The van der Waals surface area contributed by atoms with E-state index in [1.165, 1.54) is 18.2 Å². The first-order chi connectivity index (χ1) is 13.9. The fourth-order valence-corrected chi connectivity index (χ4v) is 2.59. The summed E-state index contributed by atoms with van der Waals surface area (Å²) in [5.74, 6) is -0.505. The van der Waals surface area contributed by atoms with Gasteiger partial charge < -0.3 is 21.7 Å². The van der Waals surface area contributed by atoms with Crippen LogP contribution in [0.25, 0.3) is 0 Å². The van der Waals surface area contributed by atoms with E-state index in [2.05, 4.69) is 16.0 Å². The molecule has 3 rings (SSSR count). The number of amides is 3. The monoisotopic (exact) mass is 391 g/mol. The van der Waals surface area contributed by atoms with Crippen molar-refractivity contribution in [1.82, 2.24) is 0 Å². The Bertz CT molecular complexity index is 1050. The second-order valence-corrected chi connectivity index (χ2v) is 6.00. The van der Waals surface area contributed by atoms with Gasteiger partial charge in [-0.15, -0.1) is 0 Å². The molecule has 0 bridgehead atoms. The number of anilines is 4. The maximum absolute atomic E-state index is 12.5. The molecular formula is C20H17N5O4. The quantitative estimate of drug-likeness (QED) is 0.370. The lowest BCUT2D eigenvalue weighted by atomic mass is 10.1. The van der Waals surface area contributed by atoms with Gasteiger partial charge in [0.2, 0.25) is 0 Å². The van der Waals surface area contributed by atoms with Gasteiger partial charge in [0.1, 0.15) is 5.69 Å². The van der Waals surface area contributed by atoms with Gasteiger partial charge in [0, 0.05) is 28.7 Å². The lowest BCUT2D eigenvalue weighted by molar-refractivity contribution is -0.383. The number of nitrogens with two attached hydrogens (primary N) is 1. The lowest BCUT2D eigenvalue weighted by Gasteiger charge is -2.10. The molecule has 0 aliphatic heterocycles. The zero-order valence-electron chi connectivity index (χ0n) is 15.1. The van der Waals surface area contributed by atoms with Crippen molar-refractivity contribution in [2.45, 2.75) is 0 Å². The maximum atomic E-state index is 12.5. The molecule has 29 heavy (non-hydrogen) atoms. The van der Waals surface area contributed by atoms with Gasteiger partial charge in [-0.05, 0) is 48.5 Å². The molecule has 0 radical (unpaired) electrons. The molecule has 3 amide bonds. The minimum atomic E-state index is -0.696. The second kappa shape index (κ2) is 8.53. The molecule has 0 heterocycles. The molecule has 0 fully saturated rings. The second-order valence-electron chi connectivity index (χ2n) is 6.00. The molecule has 3 aromatic carbocycles. The summed E-state index contributed by atoms with van der Waals surface area (Å²) >= 11 is 0. The summed E-state index contributed by atoms with van der Waals surface area (Å²) in [7, 11) is 0. The first-order valence-corrected chi connectivity index (χ1v) is 8.51. The number of urea groups is 1. The van der Waals surface area contributed by atoms with Gasteiger partial charge in [-0.1, -0.05) is 18.2 Å². The number of nitro groups is 1. The Morgan fingerprint density at radius 3 is 2.03 bits per heavy atom. The van der Waals surface area contributed by atoms with E-state index in [4.69, 9.17) is 5.73 Å². The summed E-state index contributed by atoms with van der Waals surface area (Å²) < 4.78 is 0. The summed E-state index contributed by atoms with van der Waals surface area (Å²) in [6, 6.07) is 18.8. The number of hydrogen-bond acceptors (Lipinski definition) is 5. The van der Waals surface area contributed by atoms with E-state index in [1.54, 1.807) is 48.5 Å². The topological polar surface area (TPSA) is 139 Å². The number of carbonyl (C=O) groups is 2. The van der Waals surface area contributed by atoms with Gasteiger partial charge in [-0.3, -0.25) is 14.9 Å². The average Bonchev–Trinajstić information content (AvgIpc) is 2.70. The van der Waals surface area contributed by atoms with Crippen molar-refractivity contribution in [2.75, 3.05) is 16.0 Å². The van der Waals surface area contributed by atoms with Crippen molar-refractivity contribution >= 4 is 40.4 Å². The summed E-state index contributed by atoms with van der Waals surface area (Å²) in [6.45, 7) is 0. The van der Waals surface area contributed by atoms with Gasteiger partial charge in [-0.2, -0.15) is 0 Å². The average molecular weight is 391 g/mol. The summed E-state index contributed by atoms with van der Waals surface area (Å²) in [4.78, 5) is 34.2. The first kappa shape index (κ1) is 19.4. The highest BCUT2D eigenvalue weighted by Crippen LogP contribution is 2.29. The highest BCUT2D eigenvalue weighted by molar-refractivity contribution is 6.05. The molecule has 0 saturated carbocycles. The van der Waals surface area contributed by atoms with E-state index in [-0.39, 0.29) is 16.9 Å². The van der Waals surface area contributed by atoms with Crippen LogP contribution in [-0.2, 0) is 0 Å². The van der Waals surface area contributed by atoms with Crippen LogP contribution in [0.5, 0.6) is 0 Å². The number of rotatable bonds is 6. The molecular weight excluding hydrogens is 374 g/mol. The van der Waals surface area contributed by atoms with E-state index in [0.29, 0.717) is 17.1 Å². The van der Waals surface area contributed by atoms with Crippen LogP contribution in [0.1, 0.15) is 10.4 Å². The molecule has 0 atom stereocenters. The van der Waals surface area contributed by atoms with Gasteiger partial charge in [0.05, 0.1) is 4.92 Å². The highest BCUT2D eigenvalue weighted by atomic mass is 16.6. The Morgan fingerprint density at radius 2 is 1.45 bits per heavy atom. The van der Waals surface area contributed by atoms with Gasteiger partial charge in [0.15, 0.2) is 0 Å². The fourth-order valence-electron chi connectivity index (χ4n) is 2.59. The zero-order valence-corrected chi connectivity index (χ0v) is 15.1. The largest absolute Gasteiger partial charge is 0.351 e. The Labute approximate surface area is 165 Å². The van der Waals surface area contributed by atoms with Crippen LogP contribution in [0.4, 0.5) is 33.2 Å². The smallest absolute Gasteiger partial charge is 0.316 e. The predicted octanol–water partition coefficient (Wildman–Crippen LogP) is 4.08. The van der Waals surface area contributed by atoms with Crippen LogP contribution < -0.4 is 21.7 Å². The molecule has 0 spiro atoms. The minimum Gasteiger partial charge on any atom is -0.351 e. The van der Waals surface area contributed by atoms with Gasteiger partial charge in [0.25, 0.3) is 11.6 Å². The summed E-state index contributed by atoms with van der Waals surface area (Å²) in [5, 5.41) is 19.5. The van der Waals surface area contributed by atoms with Crippen LogP contribution >= 0.6 is 0 Å². The van der Waals surface area contributed by atoms with E-state index in [0.717, 1.165) is 0 Å². The van der Waals surface area contributed by atoms with Crippen molar-refractivity contribution < 1.29 is 14.5 Å². The van der Waals surface area contributed by atoms with Crippen LogP contribution in [0, 0.1) is 10.1 Å². The lowest BCUT2D eigenvalue weighted by Crippen LogP contribution is -2.19. The van der Waals surface area contributed by atoms with Crippen molar-refractivity contribution in [3.05, 3.63) is 88.5 Å². The zero-order chi connectivity index (χ0) is 20.8. The van der Waals surface area contributed by atoms with E-state index < -0.39 is 16.9 Å². The highest BCUT2D eigenvalue weighted by Gasteiger charge is 2.18. The SMILES string of the molecule is NC(=O)Nc1ccc(NC(=O)c2ccc(Nc3ccccc3)c([N+](=O)[O-])c2)cc1. The number of nitrogens with zero attached hydrogens (tertiary/aromatic N) is 1. The number of para-hydroxylation sites is 1. The third-order valence-corrected chi connectivity index (χ3v) is 3.92. The van der Waals surface area contributed by atoms with Gasteiger partial charge >= 0.3 is 6.03 Å². The van der Waals surface area contributed by atoms with Crippen LogP contribution in [0.15, 0.2) is 72.8 Å². The molecule has 5 N–H and O–H groups in total. The minimum absolute atomic E-state index is 0.134. The standard InChI is InChI=1S/C20H17N5O4/c21-20(27)24-16-9-7-15(8-10-16)23-19(26)13-6-11-17(18(12-13)25(28)29)22-14-4-2-1-3-5-14/h1-12,22H,(H,23,26)(H3,21,24,27). The molecule has 9 nitrogen and oxygen atoms in total. The molecule has 9 heteroatoms. The molecule has 0 unspecified atom stereocenters. The van der Waals surface area contributed by atoms with E-state index in [1.807, 2.05) is 6.07 Å².